The number of likely N-dealkylation sites (tertiary alicyclic amines) is 1. The SMILES string of the molecule is CCC1CN(C(=O)COCC(F)(F)F)CCC1=NO. The standard InChI is InChI=1S/C11H17F3N2O3/c1-2-8-5-16(4-3-9(8)15-18)10(17)6-19-7-11(12,13)14/h8,18H,2-7H2,1H3. The highest BCUT2D eigenvalue weighted by atomic mass is 19.4. The van der Waals surface area contributed by atoms with Crippen LogP contribution in [0.1, 0.15) is 19.8 Å². The summed E-state index contributed by atoms with van der Waals surface area (Å²) >= 11 is 0. The fourth-order valence-corrected chi connectivity index (χ4v) is 1.98. The highest BCUT2D eigenvalue weighted by Gasteiger charge is 2.30. The van der Waals surface area contributed by atoms with Crippen molar-refractivity contribution in [1.29, 1.82) is 0 Å². The van der Waals surface area contributed by atoms with E-state index in [9.17, 15) is 18.0 Å². The Bertz CT molecular complexity index is 345. The summed E-state index contributed by atoms with van der Waals surface area (Å²) in [7, 11) is 0. The van der Waals surface area contributed by atoms with E-state index in [1.807, 2.05) is 6.92 Å². The van der Waals surface area contributed by atoms with Crippen LogP contribution in [0.2, 0.25) is 0 Å². The van der Waals surface area contributed by atoms with Crippen molar-refractivity contribution in [1.82, 2.24) is 4.90 Å². The van der Waals surface area contributed by atoms with Crippen molar-refractivity contribution >= 4 is 11.6 Å². The Morgan fingerprint density at radius 3 is 2.79 bits per heavy atom. The Kier molecular flexibility index (Phi) is 5.59. The maximum Gasteiger partial charge on any atom is 0.411 e. The minimum Gasteiger partial charge on any atom is -0.411 e. The Hall–Kier alpha value is -1.31. The molecule has 0 bridgehead atoms. The van der Waals surface area contributed by atoms with Gasteiger partial charge in [-0.05, 0) is 6.42 Å². The lowest BCUT2D eigenvalue weighted by Crippen LogP contribution is -2.45. The molecule has 1 aliphatic rings. The lowest BCUT2D eigenvalue weighted by molar-refractivity contribution is -0.178. The molecule has 1 aliphatic heterocycles. The number of nitrogens with zero attached hydrogens (tertiary/aromatic N) is 2. The van der Waals surface area contributed by atoms with E-state index in [4.69, 9.17) is 5.21 Å². The second kappa shape index (κ2) is 6.74. The molecule has 0 aromatic heterocycles. The van der Waals surface area contributed by atoms with E-state index in [2.05, 4.69) is 9.89 Å². The average Bonchev–Trinajstić information content (AvgIpc) is 2.36. The zero-order chi connectivity index (χ0) is 14.5. The molecule has 0 aliphatic carbocycles. The number of carbonyl (C=O) groups excluding carboxylic acids is 1. The first kappa shape index (κ1) is 15.7. The summed E-state index contributed by atoms with van der Waals surface area (Å²) < 4.78 is 39.9. The first-order valence-corrected chi connectivity index (χ1v) is 6.00. The molecule has 0 aromatic rings. The normalized spacial score (nSPS) is 22.8. The molecule has 110 valence electrons. The number of carbonyl (C=O) groups is 1. The summed E-state index contributed by atoms with van der Waals surface area (Å²) in [6.45, 7) is 0.576. The largest absolute Gasteiger partial charge is 0.411 e. The van der Waals surface area contributed by atoms with Gasteiger partial charge in [0, 0.05) is 25.4 Å². The summed E-state index contributed by atoms with van der Waals surface area (Å²) in [4.78, 5) is 13.1. The molecule has 1 amide bonds. The average molecular weight is 282 g/mol. The van der Waals surface area contributed by atoms with Crippen LogP contribution in [0.3, 0.4) is 0 Å². The maximum absolute atomic E-state index is 11.9. The maximum atomic E-state index is 11.9. The smallest absolute Gasteiger partial charge is 0.411 e. The van der Waals surface area contributed by atoms with Gasteiger partial charge in [0.1, 0.15) is 13.2 Å². The summed E-state index contributed by atoms with van der Waals surface area (Å²) in [5.74, 6) is -0.523. The molecule has 0 radical (unpaired) electrons. The molecule has 5 nitrogen and oxygen atoms in total. The van der Waals surface area contributed by atoms with Crippen LogP contribution in [0.15, 0.2) is 5.16 Å². The van der Waals surface area contributed by atoms with Crippen LogP contribution in [-0.2, 0) is 9.53 Å². The van der Waals surface area contributed by atoms with Crippen LogP contribution in [0.4, 0.5) is 13.2 Å². The highest BCUT2D eigenvalue weighted by molar-refractivity contribution is 5.89. The third kappa shape index (κ3) is 5.06. The van der Waals surface area contributed by atoms with Crippen molar-refractivity contribution in [3.63, 3.8) is 0 Å². The van der Waals surface area contributed by atoms with Gasteiger partial charge in [0.15, 0.2) is 0 Å². The number of hydrogen-bond acceptors (Lipinski definition) is 4. The predicted molar refractivity (Wildman–Crippen MR) is 61.1 cm³/mol. The molecule has 19 heavy (non-hydrogen) atoms. The highest BCUT2D eigenvalue weighted by Crippen LogP contribution is 2.18. The summed E-state index contributed by atoms with van der Waals surface area (Å²) in [5.41, 5.74) is 0.628. The van der Waals surface area contributed by atoms with Gasteiger partial charge in [-0.15, -0.1) is 0 Å². The molecule has 0 aromatic carbocycles. The summed E-state index contributed by atoms with van der Waals surface area (Å²) in [5, 5.41) is 12.0. The Balaban J connectivity index is 2.42. The number of amides is 1. The number of halogens is 3. The molecule has 1 atom stereocenters. The monoisotopic (exact) mass is 282 g/mol. The first-order chi connectivity index (χ1) is 8.87. The molecule has 1 fully saturated rings. The second-order valence-electron chi connectivity index (χ2n) is 4.39. The minimum atomic E-state index is -4.43. The van der Waals surface area contributed by atoms with Gasteiger partial charge in [0.2, 0.25) is 5.91 Å². The van der Waals surface area contributed by atoms with Crippen molar-refractivity contribution < 1.29 is 27.9 Å². The fraction of sp³-hybridized carbons (Fsp3) is 0.818. The van der Waals surface area contributed by atoms with Gasteiger partial charge < -0.3 is 14.8 Å². The van der Waals surface area contributed by atoms with Gasteiger partial charge in [0.05, 0.1) is 5.71 Å². The molecule has 1 rings (SSSR count). The van der Waals surface area contributed by atoms with Gasteiger partial charge in [-0.25, -0.2) is 0 Å². The quantitative estimate of drug-likeness (QED) is 0.630. The minimum absolute atomic E-state index is 0.0506. The molecular weight excluding hydrogens is 265 g/mol. The number of alkyl halides is 3. The van der Waals surface area contributed by atoms with E-state index in [-0.39, 0.29) is 5.92 Å². The van der Waals surface area contributed by atoms with Crippen LogP contribution in [0.5, 0.6) is 0 Å². The van der Waals surface area contributed by atoms with Crippen LogP contribution in [0, 0.1) is 5.92 Å². The lowest BCUT2D eigenvalue weighted by atomic mass is 9.93. The van der Waals surface area contributed by atoms with Crippen molar-refractivity contribution in [2.24, 2.45) is 11.1 Å². The summed E-state index contributed by atoms with van der Waals surface area (Å²) in [6.07, 6.45) is -3.29. The first-order valence-electron chi connectivity index (χ1n) is 6.00. The van der Waals surface area contributed by atoms with E-state index in [1.54, 1.807) is 0 Å². The van der Waals surface area contributed by atoms with Crippen LogP contribution in [0.25, 0.3) is 0 Å². The third-order valence-electron chi connectivity index (χ3n) is 3.02. The molecule has 1 saturated heterocycles. The van der Waals surface area contributed by atoms with Gasteiger partial charge >= 0.3 is 6.18 Å². The van der Waals surface area contributed by atoms with Gasteiger partial charge in [-0.2, -0.15) is 13.2 Å². The zero-order valence-electron chi connectivity index (χ0n) is 10.6. The predicted octanol–water partition coefficient (Wildman–Crippen LogP) is 1.65. The van der Waals surface area contributed by atoms with Crippen molar-refractivity contribution in [2.45, 2.75) is 25.9 Å². The molecule has 0 spiro atoms. The lowest BCUT2D eigenvalue weighted by Gasteiger charge is -2.32. The van der Waals surface area contributed by atoms with E-state index >= 15 is 0 Å². The second-order valence-corrected chi connectivity index (χ2v) is 4.39. The van der Waals surface area contributed by atoms with Crippen molar-refractivity contribution in [2.75, 3.05) is 26.3 Å². The van der Waals surface area contributed by atoms with Gasteiger partial charge in [-0.3, -0.25) is 4.79 Å². The van der Waals surface area contributed by atoms with Crippen LogP contribution in [-0.4, -0.2) is 54.2 Å². The van der Waals surface area contributed by atoms with E-state index < -0.39 is 25.3 Å². The van der Waals surface area contributed by atoms with Crippen molar-refractivity contribution in [3.05, 3.63) is 0 Å². The molecular formula is C11H17F3N2O3. The molecule has 0 saturated carbocycles. The summed E-state index contributed by atoms with van der Waals surface area (Å²) in [6, 6.07) is 0. The third-order valence-corrected chi connectivity index (χ3v) is 3.02. The topological polar surface area (TPSA) is 62.1 Å². The van der Waals surface area contributed by atoms with E-state index in [0.717, 1.165) is 0 Å². The zero-order valence-corrected chi connectivity index (χ0v) is 10.6. The van der Waals surface area contributed by atoms with Gasteiger partial charge in [-0.1, -0.05) is 12.1 Å². The number of piperidine rings is 1. The Morgan fingerprint density at radius 2 is 2.26 bits per heavy atom. The number of ether oxygens (including phenoxy) is 1. The van der Waals surface area contributed by atoms with E-state index in [1.165, 1.54) is 4.90 Å². The van der Waals surface area contributed by atoms with Crippen LogP contribution < -0.4 is 0 Å². The molecule has 8 heteroatoms. The molecule has 1 N–H and O–H groups in total. The van der Waals surface area contributed by atoms with Gasteiger partial charge in [0.25, 0.3) is 0 Å². The molecule has 1 heterocycles. The van der Waals surface area contributed by atoms with Crippen molar-refractivity contribution in [3.8, 4) is 0 Å². The Morgan fingerprint density at radius 1 is 1.58 bits per heavy atom. The van der Waals surface area contributed by atoms with Crippen LogP contribution >= 0.6 is 0 Å². The number of rotatable bonds is 4. The fourth-order valence-electron chi connectivity index (χ4n) is 1.98. The molecule has 1 unspecified atom stereocenters. The van der Waals surface area contributed by atoms with E-state index in [0.29, 0.717) is 31.6 Å². The number of oxime groups is 1. The number of hydrogen-bond donors (Lipinski definition) is 1. The Labute approximate surface area is 109 Å².